The number of rotatable bonds is 0. The summed E-state index contributed by atoms with van der Waals surface area (Å²) < 4.78 is 0. The highest BCUT2D eigenvalue weighted by Crippen LogP contribution is 2.56. The van der Waals surface area contributed by atoms with Gasteiger partial charge in [-0.2, -0.15) is 0 Å². The van der Waals surface area contributed by atoms with Crippen molar-refractivity contribution in [2.45, 2.75) is 41.5 Å². The Kier molecular flexibility index (Phi) is 3.93. The molecule has 0 bridgehead atoms. The fraction of sp³-hybridized carbons (Fsp3) is 0.143. The Bertz CT molecular complexity index is 2300. The quantitative estimate of drug-likeness (QED) is 0.181. The summed E-state index contributed by atoms with van der Waals surface area (Å²) in [5, 5.41) is 25.6. The first kappa shape index (κ1) is 22.9. The first-order chi connectivity index (χ1) is 20.4. The van der Waals surface area contributed by atoms with E-state index >= 15 is 0 Å². The predicted octanol–water partition coefficient (Wildman–Crippen LogP) is 12.2. The van der Waals surface area contributed by atoms with E-state index in [-0.39, 0.29) is 0 Å². The third-order valence-corrected chi connectivity index (χ3v) is 10.8. The number of fused-ring (bicyclic) bond motifs is 12. The Morgan fingerprint density at radius 2 is 0.357 bits per heavy atom. The fourth-order valence-corrected chi connectivity index (χ4v) is 9.23. The molecule has 0 heterocycles. The van der Waals surface area contributed by atoms with E-state index in [4.69, 9.17) is 0 Å². The van der Waals surface area contributed by atoms with Crippen molar-refractivity contribution >= 4 is 97.0 Å². The molecule has 0 nitrogen and oxygen atoms in total. The fourth-order valence-electron chi connectivity index (χ4n) is 9.23. The summed E-state index contributed by atoms with van der Waals surface area (Å²) in [5.41, 5.74) is 8.18. The lowest BCUT2D eigenvalue weighted by molar-refractivity contribution is 1.48. The van der Waals surface area contributed by atoms with Crippen molar-refractivity contribution in [3.63, 3.8) is 0 Å². The van der Waals surface area contributed by atoms with E-state index < -0.39 is 0 Å². The molecule has 0 saturated carbocycles. The van der Waals surface area contributed by atoms with Crippen LogP contribution in [0.2, 0.25) is 0 Å². The van der Waals surface area contributed by atoms with Crippen LogP contribution < -0.4 is 0 Å². The Morgan fingerprint density at radius 1 is 0.190 bits per heavy atom. The predicted molar refractivity (Wildman–Crippen MR) is 186 cm³/mol. The zero-order valence-corrected chi connectivity index (χ0v) is 24.9. The largest absolute Gasteiger partial charge is 0.0581 e. The van der Waals surface area contributed by atoms with E-state index in [0.29, 0.717) is 0 Å². The van der Waals surface area contributed by atoms with E-state index in [1.807, 2.05) is 0 Å². The molecule has 0 N–H and O–H groups in total. The normalized spacial score (nSPS) is 13.0. The van der Waals surface area contributed by atoms with Crippen LogP contribution in [0.15, 0.2) is 72.8 Å². The van der Waals surface area contributed by atoms with Crippen LogP contribution >= 0.6 is 0 Å². The Labute approximate surface area is 244 Å². The standard InChI is InChI=1S/C42H30/c1-19-7-13-25-34-26(14-8-20(2)31(19)34)38-37(25)39-27-15-9-21(3)32-23(5)11-17-29(35(27)32)41(39)42-30-18-12-24(6)33-22(4)10-16-28(36(30)33)40(38)42/h7-18H,1-6H3. The highest BCUT2D eigenvalue weighted by Gasteiger charge is 2.27. The average Bonchev–Trinajstić information content (AvgIpc) is 3.59. The Balaban J connectivity index is 1.71. The lowest BCUT2D eigenvalue weighted by Crippen LogP contribution is -1.83. The zero-order valence-electron chi connectivity index (χ0n) is 24.9. The van der Waals surface area contributed by atoms with Gasteiger partial charge >= 0.3 is 0 Å². The minimum Gasteiger partial charge on any atom is -0.0581 e. The van der Waals surface area contributed by atoms with Crippen molar-refractivity contribution in [2.75, 3.05) is 0 Å². The molecule has 10 aromatic carbocycles. The summed E-state index contributed by atoms with van der Waals surface area (Å²) in [6.07, 6.45) is 0. The third-order valence-electron chi connectivity index (χ3n) is 10.8. The number of hydrogen-bond acceptors (Lipinski definition) is 0. The van der Waals surface area contributed by atoms with Crippen LogP contribution in [0.1, 0.15) is 33.4 Å². The van der Waals surface area contributed by atoms with Gasteiger partial charge in [-0.05, 0) is 172 Å². The van der Waals surface area contributed by atoms with Crippen LogP contribution in [0, 0.1) is 41.5 Å². The van der Waals surface area contributed by atoms with Crippen molar-refractivity contribution in [1.29, 1.82) is 0 Å². The van der Waals surface area contributed by atoms with Crippen LogP contribution in [-0.2, 0) is 0 Å². The molecule has 0 saturated heterocycles. The van der Waals surface area contributed by atoms with Crippen LogP contribution in [-0.4, -0.2) is 0 Å². The number of benzene rings is 7. The van der Waals surface area contributed by atoms with Crippen molar-refractivity contribution in [2.24, 2.45) is 0 Å². The second-order valence-electron chi connectivity index (χ2n) is 13.1. The van der Waals surface area contributed by atoms with Gasteiger partial charge in [-0.15, -0.1) is 0 Å². The molecule has 0 heteroatoms. The average molecular weight is 535 g/mol. The van der Waals surface area contributed by atoms with Crippen LogP contribution in [0.5, 0.6) is 0 Å². The molecule has 0 spiro atoms. The molecule has 0 aliphatic carbocycles. The van der Waals surface area contributed by atoms with Gasteiger partial charge in [0.15, 0.2) is 0 Å². The van der Waals surface area contributed by atoms with Gasteiger partial charge in [-0.3, -0.25) is 0 Å². The van der Waals surface area contributed by atoms with Crippen LogP contribution in [0.4, 0.5) is 0 Å². The first-order valence-corrected chi connectivity index (χ1v) is 15.2. The van der Waals surface area contributed by atoms with Gasteiger partial charge in [-0.1, -0.05) is 72.8 Å². The van der Waals surface area contributed by atoms with E-state index in [0.717, 1.165) is 0 Å². The number of hydrogen-bond donors (Lipinski definition) is 0. The highest BCUT2D eigenvalue weighted by atomic mass is 14.3. The van der Waals surface area contributed by atoms with Gasteiger partial charge in [0, 0.05) is 0 Å². The topological polar surface area (TPSA) is 0 Å². The summed E-state index contributed by atoms with van der Waals surface area (Å²) in [7, 11) is 0. The smallest absolute Gasteiger partial charge is 0.000695 e. The molecule has 0 atom stereocenters. The SMILES string of the molecule is Cc1ccc2c3c1c(C)ccc3c1c2c2c3ccc(C)c4c(C)ccc(c43)c2c2c3ccc(C)c4c(C)ccc(c43)c12. The summed E-state index contributed by atoms with van der Waals surface area (Å²) in [5.74, 6) is 0. The molecule has 0 aliphatic rings. The summed E-state index contributed by atoms with van der Waals surface area (Å²) in [6, 6.07) is 28.6. The van der Waals surface area contributed by atoms with Crippen LogP contribution in [0.3, 0.4) is 0 Å². The lowest BCUT2D eigenvalue weighted by Gasteiger charge is -2.07. The van der Waals surface area contributed by atoms with Gasteiger partial charge in [-0.25, -0.2) is 0 Å². The minimum absolute atomic E-state index is 1.36. The molecule has 0 radical (unpaired) electrons. The molecular formula is C42H30. The highest BCUT2D eigenvalue weighted by molar-refractivity contribution is 6.55. The summed E-state index contributed by atoms with van der Waals surface area (Å²) >= 11 is 0. The van der Waals surface area contributed by atoms with Crippen molar-refractivity contribution in [3.8, 4) is 0 Å². The molecule has 10 rings (SSSR count). The zero-order chi connectivity index (χ0) is 28.3. The maximum atomic E-state index is 2.41. The molecule has 0 amide bonds. The maximum Gasteiger partial charge on any atom is -0.000695 e. The van der Waals surface area contributed by atoms with Crippen molar-refractivity contribution in [3.05, 3.63) is 106 Å². The monoisotopic (exact) mass is 534 g/mol. The Morgan fingerprint density at radius 3 is 0.524 bits per heavy atom. The summed E-state index contributed by atoms with van der Waals surface area (Å²) in [6.45, 7) is 13.7. The van der Waals surface area contributed by atoms with Gasteiger partial charge in [0.1, 0.15) is 0 Å². The van der Waals surface area contributed by atoms with Crippen molar-refractivity contribution < 1.29 is 0 Å². The molecule has 0 aromatic heterocycles. The van der Waals surface area contributed by atoms with Gasteiger partial charge < -0.3 is 0 Å². The molecular weight excluding hydrogens is 504 g/mol. The molecule has 0 fully saturated rings. The first-order valence-electron chi connectivity index (χ1n) is 15.2. The van der Waals surface area contributed by atoms with Gasteiger partial charge in [0.05, 0.1) is 0 Å². The van der Waals surface area contributed by atoms with Gasteiger partial charge in [0.2, 0.25) is 0 Å². The van der Waals surface area contributed by atoms with E-state index in [1.54, 1.807) is 0 Å². The van der Waals surface area contributed by atoms with Crippen molar-refractivity contribution in [1.82, 2.24) is 0 Å². The van der Waals surface area contributed by atoms with E-state index in [9.17, 15) is 0 Å². The molecule has 198 valence electrons. The molecule has 0 aliphatic heterocycles. The van der Waals surface area contributed by atoms with E-state index in [1.165, 1.54) is 130 Å². The molecule has 0 unspecified atom stereocenters. The molecule has 42 heavy (non-hydrogen) atoms. The lowest BCUT2D eigenvalue weighted by atomic mass is 9.97. The van der Waals surface area contributed by atoms with Crippen LogP contribution in [0.25, 0.3) is 97.0 Å². The summed E-state index contributed by atoms with van der Waals surface area (Å²) in [4.78, 5) is 0. The van der Waals surface area contributed by atoms with Gasteiger partial charge in [0.25, 0.3) is 0 Å². The third kappa shape index (κ3) is 2.34. The van der Waals surface area contributed by atoms with E-state index in [2.05, 4.69) is 114 Å². The molecule has 10 aromatic rings. The second kappa shape index (κ2) is 7.20. The Hall–Kier alpha value is -4.68. The number of aryl methyl sites for hydroxylation is 6. The second-order valence-corrected chi connectivity index (χ2v) is 13.1. The maximum absolute atomic E-state index is 2.41. The minimum atomic E-state index is 1.36.